The minimum atomic E-state index is 0.625. The predicted octanol–water partition coefficient (Wildman–Crippen LogP) is 1.65. The average Bonchev–Trinajstić information content (AvgIpc) is 2.62. The van der Waals surface area contributed by atoms with Crippen molar-refractivity contribution in [3.8, 4) is 0 Å². The van der Waals surface area contributed by atoms with Crippen molar-refractivity contribution in [3.63, 3.8) is 0 Å². The van der Waals surface area contributed by atoms with Gasteiger partial charge in [0.15, 0.2) is 0 Å². The summed E-state index contributed by atoms with van der Waals surface area (Å²) in [5.41, 5.74) is 9.54. The Labute approximate surface area is 79.1 Å². The van der Waals surface area contributed by atoms with E-state index in [0.717, 1.165) is 18.8 Å². The molecule has 1 atom stereocenters. The topological polar surface area (TPSA) is 38.0 Å². The van der Waals surface area contributed by atoms with Crippen LogP contribution in [0.1, 0.15) is 23.5 Å². The van der Waals surface area contributed by atoms with Crippen LogP contribution in [0, 0.1) is 6.92 Å². The summed E-state index contributed by atoms with van der Waals surface area (Å²) in [5, 5.41) is 3.36. The van der Waals surface area contributed by atoms with Gasteiger partial charge in [0.05, 0.1) is 0 Å². The van der Waals surface area contributed by atoms with Gasteiger partial charge in [-0.05, 0) is 36.9 Å². The summed E-state index contributed by atoms with van der Waals surface area (Å²) in [5.74, 6) is 0.625. The molecule has 0 unspecified atom stereocenters. The summed E-state index contributed by atoms with van der Waals surface area (Å²) in [7, 11) is 0. The molecule has 0 bridgehead atoms. The first kappa shape index (κ1) is 8.57. The van der Waals surface area contributed by atoms with Crippen LogP contribution in [-0.4, -0.2) is 13.1 Å². The number of hydrogen-bond acceptors (Lipinski definition) is 2. The molecule has 2 heteroatoms. The molecule has 1 aliphatic rings. The lowest BCUT2D eigenvalue weighted by atomic mass is 9.95. The maximum absolute atomic E-state index is 6.03. The first-order valence-corrected chi connectivity index (χ1v) is 4.84. The molecular formula is C11H16N2. The summed E-state index contributed by atoms with van der Waals surface area (Å²) in [6, 6.07) is 6.32. The Bertz CT molecular complexity index is 301. The van der Waals surface area contributed by atoms with Crippen molar-refractivity contribution in [1.29, 1.82) is 0 Å². The smallest absolute Gasteiger partial charge is 0.0379 e. The maximum Gasteiger partial charge on any atom is 0.0379 e. The lowest BCUT2D eigenvalue weighted by Crippen LogP contribution is -2.09. The first-order chi connectivity index (χ1) is 6.29. The zero-order chi connectivity index (χ0) is 9.26. The largest absolute Gasteiger partial charge is 0.398 e. The summed E-state index contributed by atoms with van der Waals surface area (Å²) >= 11 is 0. The van der Waals surface area contributed by atoms with E-state index in [2.05, 4.69) is 30.4 Å². The molecule has 13 heavy (non-hydrogen) atoms. The van der Waals surface area contributed by atoms with Crippen molar-refractivity contribution in [3.05, 3.63) is 29.3 Å². The number of rotatable bonds is 1. The lowest BCUT2D eigenvalue weighted by Gasteiger charge is -2.13. The van der Waals surface area contributed by atoms with Crippen LogP contribution in [0.5, 0.6) is 0 Å². The number of benzene rings is 1. The molecule has 1 aromatic rings. The Hall–Kier alpha value is -1.02. The van der Waals surface area contributed by atoms with Gasteiger partial charge in [-0.25, -0.2) is 0 Å². The third kappa shape index (κ3) is 1.54. The average molecular weight is 176 g/mol. The quantitative estimate of drug-likeness (QED) is 0.638. The fraction of sp³-hybridized carbons (Fsp3) is 0.455. The number of anilines is 1. The molecule has 1 aromatic carbocycles. The van der Waals surface area contributed by atoms with Crippen LogP contribution in [0.15, 0.2) is 18.2 Å². The number of para-hydroxylation sites is 1. The Morgan fingerprint density at radius 1 is 1.46 bits per heavy atom. The molecule has 0 spiro atoms. The highest BCUT2D eigenvalue weighted by Crippen LogP contribution is 2.28. The van der Waals surface area contributed by atoms with Crippen LogP contribution < -0.4 is 11.1 Å². The van der Waals surface area contributed by atoms with E-state index in [-0.39, 0.29) is 0 Å². The Morgan fingerprint density at radius 2 is 2.31 bits per heavy atom. The molecule has 0 aliphatic carbocycles. The highest BCUT2D eigenvalue weighted by molar-refractivity contribution is 5.54. The van der Waals surface area contributed by atoms with Crippen LogP contribution in [0.3, 0.4) is 0 Å². The molecule has 0 radical (unpaired) electrons. The van der Waals surface area contributed by atoms with Crippen molar-refractivity contribution in [2.75, 3.05) is 18.8 Å². The van der Waals surface area contributed by atoms with Gasteiger partial charge in [-0.2, -0.15) is 0 Å². The lowest BCUT2D eigenvalue weighted by molar-refractivity contribution is 0.765. The summed E-state index contributed by atoms with van der Waals surface area (Å²) in [6.07, 6.45) is 1.22. The van der Waals surface area contributed by atoms with Crippen LogP contribution in [0.25, 0.3) is 0 Å². The predicted molar refractivity (Wildman–Crippen MR) is 55.8 cm³/mol. The van der Waals surface area contributed by atoms with Crippen LogP contribution in [-0.2, 0) is 0 Å². The SMILES string of the molecule is Cc1cccc([C@@H]2CCNC2)c1N. The van der Waals surface area contributed by atoms with E-state index >= 15 is 0 Å². The van der Waals surface area contributed by atoms with Gasteiger partial charge in [-0.1, -0.05) is 18.2 Å². The van der Waals surface area contributed by atoms with Gasteiger partial charge >= 0.3 is 0 Å². The van der Waals surface area contributed by atoms with Crippen molar-refractivity contribution < 1.29 is 0 Å². The molecule has 2 nitrogen and oxygen atoms in total. The third-order valence-electron chi connectivity index (χ3n) is 2.86. The zero-order valence-electron chi connectivity index (χ0n) is 8.01. The monoisotopic (exact) mass is 176 g/mol. The number of nitrogens with two attached hydrogens (primary N) is 1. The van der Waals surface area contributed by atoms with Crippen LogP contribution in [0.2, 0.25) is 0 Å². The van der Waals surface area contributed by atoms with Crippen molar-refractivity contribution >= 4 is 5.69 Å². The van der Waals surface area contributed by atoms with Gasteiger partial charge in [-0.15, -0.1) is 0 Å². The Morgan fingerprint density at radius 3 is 3.00 bits per heavy atom. The minimum Gasteiger partial charge on any atom is -0.398 e. The van der Waals surface area contributed by atoms with Gasteiger partial charge in [-0.3, -0.25) is 0 Å². The second-order valence-corrected chi connectivity index (χ2v) is 3.77. The molecule has 1 aliphatic heterocycles. The first-order valence-electron chi connectivity index (χ1n) is 4.84. The van der Waals surface area contributed by atoms with E-state index in [4.69, 9.17) is 5.73 Å². The van der Waals surface area contributed by atoms with E-state index in [0.29, 0.717) is 5.92 Å². The second-order valence-electron chi connectivity index (χ2n) is 3.77. The number of aryl methyl sites for hydroxylation is 1. The highest BCUT2D eigenvalue weighted by Gasteiger charge is 2.18. The summed E-state index contributed by atoms with van der Waals surface area (Å²) in [6.45, 7) is 4.27. The van der Waals surface area contributed by atoms with E-state index < -0.39 is 0 Å². The van der Waals surface area contributed by atoms with Crippen molar-refractivity contribution in [2.24, 2.45) is 0 Å². The molecule has 0 aromatic heterocycles. The van der Waals surface area contributed by atoms with Crippen molar-refractivity contribution in [2.45, 2.75) is 19.3 Å². The molecule has 1 fully saturated rings. The summed E-state index contributed by atoms with van der Waals surface area (Å²) < 4.78 is 0. The van der Waals surface area contributed by atoms with Gasteiger partial charge in [0, 0.05) is 12.2 Å². The van der Waals surface area contributed by atoms with E-state index in [1.807, 2.05) is 0 Å². The minimum absolute atomic E-state index is 0.625. The number of nitrogen functional groups attached to an aromatic ring is 1. The molecule has 70 valence electrons. The Balaban J connectivity index is 2.33. The van der Waals surface area contributed by atoms with Gasteiger partial charge in [0.25, 0.3) is 0 Å². The van der Waals surface area contributed by atoms with Gasteiger partial charge in [0.2, 0.25) is 0 Å². The fourth-order valence-corrected chi connectivity index (χ4v) is 1.98. The Kier molecular flexibility index (Phi) is 2.23. The van der Waals surface area contributed by atoms with E-state index in [9.17, 15) is 0 Å². The second kappa shape index (κ2) is 3.38. The molecule has 0 amide bonds. The standard InChI is InChI=1S/C11H16N2/c1-8-3-2-4-10(11(8)12)9-5-6-13-7-9/h2-4,9,13H,5-7,12H2,1H3/t9-/m1/s1. The molecule has 3 N–H and O–H groups in total. The van der Waals surface area contributed by atoms with Crippen molar-refractivity contribution in [1.82, 2.24) is 5.32 Å². The van der Waals surface area contributed by atoms with Gasteiger partial charge in [0.1, 0.15) is 0 Å². The van der Waals surface area contributed by atoms with E-state index in [1.54, 1.807) is 0 Å². The normalized spacial score (nSPS) is 22.1. The summed E-state index contributed by atoms with van der Waals surface area (Å²) in [4.78, 5) is 0. The number of nitrogens with one attached hydrogen (secondary N) is 1. The van der Waals surface area contributed by atoms with Gasteiger partial charge < -0.3 is 11.1 Å². The zero-order valence-corrected chi connectivity index (χ0v) is 8.01. The molecule has 0 saturated carbocycles. The molecule has 1 heterocycles. The third-order valence-corrected chi connectivity index (χ3v) is 2.86. The van der Waals surface area contributed by atoms with E-state index in [1.165, 1.54) is 17.5 Å². The number of hydrogen-bond donors (Lipinski definition) is 2. The molecule has 2 rings (SSSR count). The van der Waals surface area contributed by atoms with Crippen LogP contribution in [0.4, 0.5) is 5.69 Å². The highest BCUT2D eigenvalue weighted by atomic mass is 14.9. The maximum atomic E-state index is 6.03. The molecule has 1 saturated heterocycles. The molecular weight excluding hydrogens is 160 g/mol. The fourth-order valence-electron chi connectivity index (χ4n) is 1.98. The van der Waals surface area contributed by atoms with Crippen LogP contribution >= 0.6 is 0 Å².